The van der Waals surface area contributed by atoms with Crippen molar-refractivity contribution in [3.8, 4) is 0 Å². The molecule has 0 aliphatic rings. The second kappa shape index (κ2) is 6.36. The summed E-state index contributed by atoms with van der Waals surface area (Å²) in [5.41, 5.74) is 3.39. The molecule has 0 aliphatic carbocycles. The van der Waals surface area contributed by atoms with Gasteiger partial charge in [-0.3, -0.25) is 4.98 Å². The lowest BCUT2D eigenvalue weighted by Crippen LogP contribution is -1.81. The first-order chi connectivity index (χ1) is 9.33. The highest BCUT2D eigenvalue weighted by molar-refractivity contribution is 5.92. The van der Waals surface area contributed by atoms with Crippen LogP contribution in [0.2, 0.25) is 0 Å². The molecule has 100 valence electrons. The molecular weight excluding hydrogens is 266 g/mol. The van der Waals surface area contributed by atoms with E-state index in [2.05, 4.69) is 65.7 Å². The highest BCUT2D eigenvalue weighted by Gasteiger charge is 1.96. The Hall–Kier alpha value is -2.12. The van der Waals surface area contributed by atoms with Crippen LogP contribution in [0.3, 0.4) is 0 Å². The molecule has 0 bridgehead atoms. The number of nitrogens with zero attached hydrogens (tertiary/aromatic N) is 1. The largest absolute Gasteiger partial charge is 0.257 e. The van der Waals surface area contributed by atoms with Gasteiger partial charge in [0.1, 0.15) is 0 Å². The monoisotopic (exact) mass is 281 g/mol. The maximum Gasteiger partial charge on any atom is 0.0630 e. The van der Waals surface area contributed by atoms with Crippen LogP contribution in [-0.2, 0) is 0 Å². The van der Waals surface area contributed by atoms with Crippen molar-refractivity contribution in [1.29, 1.82) is 0 Å². The van der Waals surface area contributed by atoms with Crippen LogP contribution in [0.1, 0.15) is 16.8 Å². The Kier molecular flexibility index (Phi) is 4.54. The Morgan fingerprint density at radius 2 is 1.65 bits per heavy atom. The summed E-state index contributed by atoms with van der Waals surface area (Å²) in [6.45, 7) is 2.05. The van der Waals surface area contributed by atoms with Gasteiger partial charge in [-0.25, -0.2) is 0 Å². The molecular formula is C18H16ClN. The fraction of sp³-hybridized carbons (Fsp3) is 0.0556. The fourth-order valence-corrected chi connectivity index (χ4v) is 2.15. The standard InChI is InChI=1S/C18H15N.ClH/c1-14-9-11-17(19-13-14)12-10-16-7-4-6-15-5-2-3-8-18(15)16;/h2-13H,1H3;1H. The van der Waals surface area contributed by atoms with Gasteiger partial charge < -0.3 is 0 Å². The Morgan fingerprint density at radius 1 is 0.850 bits per heavy atom. The van der Waals surface area contributed by atoms with Crippen LogP contribution in [0.25, 0.3) is 22.9 Å². The summed E-state index contributed by atoms with van der Waals surface area (Å²) < 4.78 is 0. The third-order valence-corrected chi connectivity index (χ3v) is 3.19. The molecule has 0 N–H and O–H groups in total. The van der Waals surface area contributed by atoms with Crippen molar-refractivity contribution in [2.75, 3.05) is 0 Å². The molecule has 3 rings (SSSR count). The first kappa shape index (κ1) is 14.3. The summed E-state index contributed by atoms with van der Waals surface area (Å²) in [7, 11) is 0. The average molecular weight is 282 g/mol. The predicted molar refractivity (Wildman–Crippen MR) is 89.1 cm³/mol. The molecule has 1 aromatic heterocycles. The predicted octanol–water partition coefficient (Wildman–Crippen LogP) is 5.14. The lowest BCUT2D eigenvalue weighted by atomic mass is 10.0. The maximum atomic E-state index is 4.39. The zero-order chi connectivity index (χ0) is 13.1. The van der Waals surface area contributed by atoms with Crippen LogP contribution in [0, 0.1) is 6.92 Å². The van der Waals surface area contributed by atoms with Gasteiger partial charge in [0.2, 0.25) is 0 Å². The minimum Gasteiger partial charge on any atom is -0.257 e. The molecule has 0 radical (unpaired) electrons. The van der Waals surface area contributed by atoms with E-state index in [0.717, 1.165) is 5.69 Å². The number of rotatable bonds is 2. The zero-order valence-corrected chi connectivity index (χ0v) is 12.1. The summed E-state index contributed by atoms with van der Waals surface area (Å²) >= 11 is 0. The molecule has 2 heteroatoms. The number of hydrogen-bond donors (Lipinski definition) is 0. The minimum absolute atomic E-state index is 0. The van der Waals surface area contributed by atoms with E-state index >= 15 is 0 Å². The van der Waals surface area contributed by atoms with Crippen molar-refractivity contribution in [3.05, 3.63) is 77.6 Å². The second-order valence-corrected chi connectivity index (χ2v) is 4.66. The lowest BCUT2D eigenvalue weighted by Gasteiger charge is -2.01. The lowest BCUT2D eigenvalue weighted by molar-refractivity contribution is 1.25. The van der Waals surface area contributed by atoms with Crippen molar-refractivity contribution in [3.63, 3.8) is 0 Å². The van der Waals surface area contributed by atoms with Crippen LogP contribution in [-0.4, -0.2) is 4.98 Å². The highest BCUT2D eigenvalue weighted by Crippen LogP contribution is 2.20. The third kappa shape index (κ3) is 3.06. The van der Waals surface area contributed by atoms with E-state index in [1.807, 2.05) is 19.2 Å². The smallest absolute Gasteiger partial charge is 0.0630 e. The van der Waals surface area contributed by atoms with Crippen molar-refractivity contribution in [1.82, 2.24) is 4.98 Å². The Balaban J connectivity index is 0.00000147. The quantitative estimate of drug-likeness (QED) is 0.634. The van der Waals surface area contributed by atoms with Gasteiger partial charge in [0.25, 0.3) is 0 Å². The van der Waals surface area contributed by atoms with Crippen molar-refractivity contribution >= 4 is 35.3 Å². The van der Waals surface area contributed by atoms with E-state index in [9.17, 15) is 0 Å². The molecule has 2 aromatic carbocycles. The van der Waals surface area contributed by atoms with Gasteiger partial charge in [0, 0.05) is 6.20 Å². The van der Waals surface area contributed by atoms with Gasteiger partial charge in [-0.15, -0.1) is 12.4 Å². The summed E-state index contributed by atoms with van der Waals surface area (Å²) in [5, 5.41) is 2.54. The number of pyridine rings is 1. The van der Waals surface area contributed by atoms with Gasteiger partial charge in [0.15, 0.2) is 0 Å². The van der Waals surface area contributed by atoms with E-state index < -0.39 is 0 Å². The molecule has 0 saturated heterocycles. The second-order valence-electron chi connectivity index (χ2n) is 4.66. The molecule has 1 heterocycles. The number of benzene rings is 2. The van der Waals surface area contributed by atoms with Gasteiger partial charge in [0.05, 0.1) is 5.69 Å². The number of fused-ring (bicyclic) bond motifs is 1. The van der Waals surface area contributed by atoms with Crippen LogP contribution in [0.4, 0.5) is 0 Å². The summed E-state index contributed by atoms with van der Waals surface area (Å²) in [6.07, 6.45) is 6.07. The molecule has 3 aromatic rings. The van der Waals surface area contributed by atoms with E-state index in [1.54, 1.807) is 0 Å². The number of aryl methyl sites for hydroxylation is 1. The zero-order valence-electron chi connectivity index (χ0n) is 11.3. The Labute approximate surface area is 125 Å². The first-order valence-corrected chi connectivity index (χ1v) is 6.41. The van der Waals surface area contributed by atoms with Crippen molar-refractivity contribution in [2.24, 2.45) is 0 Å². The molecule has 1 nitrogen and oxygen atoms in total. The summed E-state index contributed by atoms with van der Waals surface area (Å²) in [4.78, 5) is 4.39. The van der Waals surface area contributed by atoms with Crippen LogP contribution in [0.5, 0.6) is 0 Å². The summed E-state index contributed by atoms with van der Waals surface area (Å²) in [5.74, 6) is 0. The molecule has 0 saturated carbocycles. The molecule has 0 aliphatic heterocycles. The SMILES string of the molecule is Cc1ccc(C=Cc2cccc3ccccc23)nc1.Cl. The van der Waals surface area contributed by atoms with E-state index in [0.29, 0.717) is 0 Å². The number of halogens is 1. The maximum absolute atomic E-state index is 4.39. The Morgan fingerprint density at radius 3 is 2.45 bits per heavy atom. The molecule has 0 unspecified atom stereocenters. The molecule has 20 heavy (non-hydrogen) atoms. The van der Waals surface area contributed by atoms with E-state index in [4.69, 9.17) is 0 Å². The van der Waals surface area contributed by atoms with Crippen molar-refractivity contribution < 1.29 is 0 Å². The van der Waals surface area contributed by atoms with E-state index in [1.165, 1.54) is 21.9 Å². The topological polar surface area (TPSA) is 12.9 Å². The van der Waals surface area contributed by atoms with E-state index in [-0.39, 0.29) is 12.4 Å². The third-order valence-electron chi connectivity index (χ3n) is 3.19. The Bertz CT molecular complexity index is 724. The van der Waals surface area contributed by atoms with Crippen LogP contribution in [0.15, 0.2) is 60.8 Å². The molecule has 0 amide bonds. The normalized spacial score (nSPS) is 10.7. The molecule has 0 atom stereocenters. The van der Waals surface area contributed by atoms with Crippen LogP contribution >= 0.6 is 12.4 Å². The molecule has 0 fully saturated rings. The first-order valence-electron chi connectivity index (χ1n) is 6.41. The van der Waals surface area contributed by atoms with Gasteiger partial charge in [-0.2, -0.15) is 0 Å². The van der Waals surface area contributed by atoms with Crippen molar-refractivity contribution in [2.45, 2.75) is 6.92 Å². The number of aromatic nitrogens is 1. The molecule has 0 spiro atoms. The summed E-state index contributed by atoms with van der Waals surface area (Å²) in [6, 6.07) is 18.9. The minimum atomic E-state index is 0. The van der Waals surface area contributed by atoms with Gasteiger partial charge >= 0.3 is 0 Å². The van der Waals surface area contributed by atoms with Gasteiger partial charge in [-0.1, -0.05) is 54.6 Å². The average Bonchev–Trinajstić information content (AvgIpc) is 2.47. The highest BCUT2D eigenvalue weighted by atomic mass is 35.5. The number of hydrogen-bond acceptors (Lipinski definition) is 1. The van der Waals surface area contributed by atoms with Gasteiger partial charge in [-0.05, 0) is 41.0 Å². The fourth-order valence-electron chi connectivity index (χ4n) is 2.15. The van der Waals surface area contributed by atoms with Crippen LogP contribution < -0.4 is 0 Å².